The molecular formula is C23H26N4O6. The van der Waals surface area contributed by atoms with E-state index in [-0.39, 0.29) is 29.3 Å². The number of carbonyl (C=O) groups is 5. The van der Waals surface area contributed by atoms with Gasteiger partial charge in [0.25, 0.3) is 23.6 Å². The highest BCUT2D eigenvalue weighted by Gasteiger charge is 2.53. The van der Waals surface area contributed by atoms with Crippen LogP contribution in [0.1, 0.15) is 76.5 Å². The Morgan fingerprint density at radius 3 is 2.55 bits per heavy atom. The summed E-state index contributed by atoms with van der Waals surface area (Å²) in [6.07, 6.45) is 4.19. The van der Waals surface area contributed by atoms with Crippen LogP contribution in [-0.2, 0) is 9.53 Å². The van der Waals surface area contributed by atoms with Crippen molar-refractivity contribution in [3.63, 3.8) is 0 Å². The van der Waals surface area contributed by atoms with Gasteiger partial charge < -0.3 is 10.1 Å². The minimum atomic E-state index is -0.972. The molecule has 33 heavy (non-hydrogen) atoms. The van der Waals surface area contributed by atoms with Gasteiger partial charge in [0.05, 0.1) is 23.8 Å². The first kappa shape index (κ1) is 21.6. The lowest BCUT2D eigenvalue weighted by Crippen LogP contribution is -2.51. The van der Waals surface area contributed by atoms with Crippen molar-refractivity contribution in [3.8, 4) is 0 Å². The number of ether oxygens (including phenoxy) is 1. The van der Waals surface area contributed by atoms with Crippen LogP contribution in [0.2, 0.25) is 0 Å². The lowest BCUT2D eigenvalue weighted by atomic mass is 9.77. The Hall–Kier alpha value is -3.27. The molecule has 1 aromatic rings. The topological polar surface area (TPSA) is 125 Å². The molecule has 0 bridgehead atoms. The highest BCUT2D eigenvalue weighted by molar-refractivity contribution is 6.22. The minimum absolute atomic E-state index is 0.0766. The van der Waals surface area contributed by atoms with Crippen molar-refractivity contribution in [1.82, 2.24) is 20.7 Å². The third-order valence-electron chi connectivity index (χ3n) is 7.15. The molecule has 3 aliphatic heterocycles. The number of hydrogen-bond acceptors (Lipinski definition) is 6. The number of nitrogens with zero attached hydrogens (tertiary/aromatic N) is 2. The smallest absolute Gasteiger partial charge is 0.344 e. The first-order chi connectivity index (χ1) is 15.8. The van der Waals surface area contributed by atoms with E-state index < -0.39 is 35.2 Å². The van der Waals surface area contributed by atoms with Gasteiger partial charge in [0.15, 0.2) is 0 Å². The van der Waals surface area contributed by atoms with Gasteiger partial charge in [-0.05, 0) is 62.6 Å². The summed E-state index contributed by atoms with van der Waals surface area (Å²) in [6.45, 7) is 2.90. The molecule has 3 heterocycles. The zero-order chi connectivity index (χ0) is 23.3. The predicted octanol–water partition coefficient (Wildman–Crippen LogP) is 1.61. The summed E-state index contributed by atoms with van der Waals surface area (Å²) in [7, 11) is 0. The standard InChI is InChI=1S/C23H26N4O6/c1-13-6-8-23(9-7-13)21(31)27(22(32)24-23)25-18(28)14-4-5-16-17(11-14)20(30)26(19(16)29)12-15-3-2-10-33-15/h4-5,11,13,15H,2-3,6-10,12H2,1H3,(H,24,32)(H,25,28)/t13?,15-,23?/m1/s1. The number of amides is 6. The van der Waals surface area contributed by atoms with E-state index >= 15 is 0 Å². The fourth-order valence-electron chi connectivity index (χ4n) is 5.07. The molecule has 1 aromatic carbocycles. The van der Waals surface area contributed by atoms with Gasteiger partial charge >= 0.3 is 6.03 Å². The Labute approximate surface area is 190 Å². The average molecular weight is 454 g/mol. The second-order valence-corrected chi connectivity index (χ2v) is 9.39. The van der Waals surface area contributed by atoms with Gasteiger partial charge in [-0.1, -0.05) is 6.92 Å². The Morgan fingerprint density at radius 2 is 1.85 bits per heavy atom. The number of carbonyl (C=O) groups excluding carboxylic acids is 5. The number of nitrogens with one attached hydrogen (secondary N) is 2. The SMILES string of the molecule is CC1CCC2(CC1)NC(=O)N(NC(=O)c1ccc3c(c1)C(=O)N(C[C@H]1CCCO1)C3=O)C2=O. The molecule has 0 aromatic heterocycles. The van der Waals surface area contributed by atoms with Crippen molar-refractivity contribution in [1.29, 1.82) is 0 Å². The van der Waals surface area contributed by atoms with Crippen LogP contribution in [0.3, 0.4) is 0 Å². The summed E-state index contributed by atoms with van der Waals surface area (Å²) in [6, 6.07) is 3.50. The van der Waals surface area contributed by atoms with Crippen LogP contribution in [0.25, 0.3) is 0 Å². The van der Waals surface area contributed by atoms with E-state index in [2.05, 4.69) is 17.7 Å². The number of urea groups is 1. The van der Waals surface area contributed by atoms with Crippen LogP contribution in [0.5, 0.6) is 0 Å². The number of imide groups is 2. The normalized spacial score (nSPS) is 29.1. The summed E-state index contributed by atoms with van der Waals surface area (Å²) in [5.41, 5.74) is 1.82. The van der Waals surface area contributed by atoms with Crippen LogP contribution in [0.15, 0.2) is 18.2 Å². The number of hydrogen-bond donors (Lipinski definition) is 2. The highest BCUT2D eigenvalue weighted by Crippen LogP contribution is 2.36. The Morgan fingerprint density at radius 1 is 1.12 bits per heavy atom. The maximum Gasteiger partial charge on any atom is 0.344 e. The fourth-order valence-corrected chi connectivity index (χ4v) is 5.07. The second kappa shape index (κ2) is 7.95. The second-order valence-electron chi connectivity index (χ2n) is 9.39. The zero-order valence-electron chi connectivity index (χ0n) is 18.4. The van der Waals surface area contributed by atoms with E-state index in [0.717, 1.165) is 35.6 Å². The zero-order valence-corrected chi connectivity index (χ0v) is 18.4. The van der Waals surface area contributed by atoms with Crippen molar-refractivity contribution >= 4 is 29.7 Å². The monoisotopic (exact) mass is 454 g/mol. The van der Waals surface area contributed by atoms with Crippen LogP contribution in [0, 0.1) is 5.92 Å². The van der Waals surface area contributed by atoms with Crippen molar-refractivity contribution in [3.05, 3.63) is 34.9 Å². The summed E-state index contributed by atoms with van der Waals surface area (Å²) in [4.78, 5) is 64.9. The number of hydrazine groups is 1. The van der Waals surface area contributed by atoms with E-state index in [1.54, 1.807) is 0 Å². The maximum absolute atomic E-state index is 13.0. The molecule has 174 valence electrons. The fraction of sp³-hybridized carbons (Fsp3) is 0.522. The Kier molecular flexibility index (Phi) is 5.19. The van der Waals surface area contributed by atoms with Crippen molar-refractivity contribution < 1.29 is 28.7 Å². The molecule has 10 heteroatoms. The lowest BCUT2D eigenvalue weighted by molar-refractivity contribution is -0.134. The number of fused-ring (bicyclic) bond motifs is 1. The molecule has 6 amide bonds. The Balaban J connectivity index is 1.30. The van der Waals surface area contributed by atoms with Gasteiger partial charge in [0.1, 0.15) is 5.54 Å². The van der Waals surface area contributed by atoms with Gasteiger partial charge in [0.2, 0.25) is 0 Å². The van der Waals surface area contributed by atoms with Gasteiger partial charge in [-0.2, -0.15) is 5.01 Å². The Bertz CT molecular complexity index is 1060. The van der Waals surface area contributed by atoms with Gasteiger partial charge in [-0.15, -0.1) is 0 Å². The predicted molar refractivity (Wildman–Crippen MR) is 114 cm³/mol. The largest absolute Gasteiger partial charge is 0.376 e. The lowest BCUT2D eigenvalue weighted by Gasteiger charge is -2.33. The third-order valence-corrected chi connectivity index (χ3v) is 7.15. The van der Waals surface area contributed by atoms with Gasteiger partial charge in [0, 0.05) is 12.2 Å². The molecule has 0 unspecified atom stereocenters. The molecule has 2 N–H and O–H groups in total. The van der Waals surface area contributed by atoms with Gasteiger partial charge in [-0.25, -0.2) is 4.79 Å². The summed E-state index contributed by atoms with van der Waals surface area (Å²) in [5, 5.41) is 3.47. The molecular weight excluding hydrogens is 428 g/mol. The molecule has 5 rings (SSSR count). The first-order valence-corrected chi connectivity index (χ1v) is 11.4. The first-order valence-electron chi connectivity index (χ1n) is 11.4. The molecule has 4 aliphatic rings. The molecule has 0 radical (unpaired) electrons. The molecule has 2 saturated heterocycles. The van der Waals surface area contributed by atoms with E-state index in [9.17, 15) is 24.0 Å². The maximum atomic E-state index is 13.0. The van der Waals surface area contributed by atoms with Gasteiger partial charge in [-0.3, -0.25) is 29.5 Å². The molecule has 1 atom stereocenters. The van der Waals surface area contributed by atoms with Crippen LogP contribution in [-0.4, -0.2) is 64.4 Å². The van der Waals surface area contributed by atoms with Crippen molar-refractivity contribution in [2.75, 3.05) is 13.2 Å². The summed E-state index contributed by atoms with van der Waals surface area (Å²) in [5.74, 6) is -1.59. The number of benzene rings is 1. The van der Waals surface area contributed by atoms with Crippen LogP contribution >= 0.6 is 0 Å². The molecule has 1 spiro atoms. The third kappa shape index (κ3) is 3.58. The number of rotatable bonds is 4. The molecule has 10 nitrogen and oxygen atoms in total. The van der Waals surface area contributed by atoms with Crippen LogP contribution < -0.4 is 10.7 Å². The molecule has 3 fully saturated rings. The van der Waals surface area contributed by atoms with Crippen LogP contribution in [0.4, 0.5) is 4.79 Å². The van der Waals surface area contributed by atoms with E-state index in [1.165, 1.54) is 18.2 Å². The highest BCUT2D eigenvalue weighted by atomic mass is 16.5. The molecule has 1 aliphatic carbocycles. The molecule has 1 saturated carbocycles. The van der Waals surface area contributed by atoms with E-state index in [0.29, 0.717) is 25.4 Å². The van der Waals surface area contributed by atoms with E-state index in [1.807, 2.05) is 0 Å². The summed E-state index contributed by atoms with van der Waals surface area (Å²) < 4.78 is 5.53. The average Bonchev–Trinajstić information content (AvgIpc) is 3.46. The summed E-state index contributed by atoms with van der Waals surface area (Å²) >= 11 is 0. The minimum Gasteiger partial charge on any atom is -0.376 e. The van der Waals surface area contributed by atoms with Crippen molar-refractivity contribution in [2.45, 2.75) is 57.1 Å². The quantitative estimate of drug-likeness (QED) is 0.526. The van der Waals surface area contributed by atoms with E-state index in [4.69, 9.17) is 4.74 Å². The van der Waals surface area contributed by atoms with Crippen molar-refractivity contribution in [2.24, 2.45) is 5.92 Å².